The average molecular weight is 272 g/mol. The first kappa shape index (κ1) is 12.9. The zero-order chi connectivity index (χ0) is 14.1. The molecule has 0 N–H and O–H groups in total. The Morgan fingerprint density at radius 3 is 2.80 bits per heavy atom. The Kier molecular flexibility index (Phi) is 3.32. The summed E-state index contributed by atoms with van der Waals surface area (Å²) >= 11 is 0. The molecule has 104 valence electrons. The van der Waals surface area contributed by atoms with E-state index in [-0.39, 0.29) is 12.1 Å². The van der Waals surface area contributed by atoms with Gasteiger partial charge in [0, 0.05) is 10.9 Å². The summed E-state index contributed by atoms with van der Waals surface area (Å²) in [5, 5.41) is 2.12. The van der Waals surface area contributed by atoms with Gasteiger partial charge in [-0.2, -0.15) is 0 Å². The molecule has 0 spiro atoms. The highest BCUT2D eigenvalue weighted by Crippen LogP contribution is 2.45. The van der Waals surface area contributed by atoms with Crippen LogP contribution in [0.25, 0.3) is 10.8 Å². The number of epoxide rings is 1. The highest BCUT2D eigenvalue weighted by molar-refractivity contribution is 5.90. The minimum absolute atomic E-state index is 0.270. The number of carbonyl (C=O) groups excluding carboxylic acids is 1. The summed E-state index contributed by atoms with van der Waals surface area (Å²) in [7, 11) is 1.63. The number of benzene rings is 2. The van der Waals surface area contributed by atoms with Crippen LogP contribution in [0.3, 0.4) is 0 Å². The minimum Gasteiger partial charge on any atom is -0.496 e. The fourth-order valence-electron chi connectivity index (χ4n) is 2.46. The van der Waals surface area contributed by atoms with Gasteiger partial charge in [-0.3, -0.25) is 0 Å². The first-order valence-corrected chi connectivity index (χ1v) is 6.64. The van der Waals surface area contributed by atoms with Crippen molar-refractivity contribution in [2.24, 2.45) is 0 Å². The van der Waals surface area contributed by atoms with Gasteiger partial charge in [-0.25, -0.2) is 4.79 Å². The van der Waals surface area contributed by atoms with Crippen molar-refractivity contribution in [2.45, 2.75) is 19.1 Å². The predicted octanol–water partition coefficient (Wildman–Crippen LogP) is 2.85. The van der Waals surface area contributed by atoms with Crippen LogP contribution in [0.1, 0.15) is 18.6 Å². The first-order valence-electron chi connectivity index (χ1n) is 6.64. The maximum atomic E-state index is 11.7. The number of fused-ring (bicyclic) bond motifs is 1. The third-order valence-corrected chi connectivity index (χ3v) is 3.43. The lowest BCUT2D eigenvalue weighted by atomic mass is 10.0. The molecular formula is C16H16O4. The quantitative estimate of drug-likeness (QED) is 0.634. The number of methoxy groups -OCH3 is 1. The lowest BCUT2D eigenvalue weighted by Gasteiger charge is -2.10. The summed E-state index contributed by atoms with van der Waals surface area (Å²) in [5.41, 5.74) is 0.893. The molecule has 4 nitrogen and oxygen atoms in total. The van der Waals surface area contributed by atoms with Gasteiger partial charge in [0.1, 0.15) is 11.9 Å². The smallest absolute Gasteiger partial charge is 0.338 e. The van der Waals surface area contributed by atoms with Crippen molar-refractivity contribution >= 4 is 16.7 Å². The van der Waals surface area contributed by atoms with Crippen molar-refractivity contribution in [1.29, 1.82) is 0 Å². The van der Waals surface area contributed by atoms with E-state index < -0.39 is 6.10 Å². The Morgan fingerprint density at radius 1 is 1.25 bits per heavy atom. The van der Waals surface area contributed by atoms with Crippen LogP contribution in [0, 0.1) is 0 Å². The van der Waals surface area contributed by atoms with Gasteiger partial charge < -0.3 is 14.2 Å². The molecule has 2 atom stereocenters. The molecule has 1 heterocycles. The van der Waals surface area contributed by atoms with Crippen LogP contribution in [0.4, 0.5) is 0 Å². The van der Waals surface area contributed by atoms with Gasteiger partial charge in [-0.1, -0.05) is 36.4 Å². The number of esters is 1. The number of ether oxygens (including phenoxy) is 3. The molecule has 0 amide bonds. The summed E-state index contributed by atoms with van der Waals surface area (Å²) in [5.74, 6) is 0.451. The molecular weight excluding hydrogens is 256 g/mol. The van der Waals surface area contributed by atoms with E-state index in [9.17, 15) is 4.79 Å². The largest absolute Gasteiger partial charge is 0.496 e. The predicted molar refractivity (Wildman–Crippen MR) is 74.7 cm³/mol. The van der Waals surface area contributed by atoms with E-state index in [1.54, 1.807) is 14.0 Å². The molecule has 4 heteroatoms. The van der Waals surface area contributed by atoms with Crippen LogP contribution in [-0.2, 0) is 14.3 Å². The van der Waals surface area contributed by atoms with Crippen LogP contribution < -0.4 is 4.74 Å². The summed E-state index contributed by atoms with van der Waals surface area (Å²) in [6.07, 6.45) is -0.779. The molecule has 1 aliphatic heterocycles. The van der Waals surface area contributed by atoms with E-state index in [0.717, 1.165) is 22.1 Å². The molecule has 3 rings (SSSR count). The molecule has 0 bridgehead atoms. The zero-order valence-electron chi connectivity index (χ0n) is 11.5. The number of hydrogen-bond acceptors (Lipinski definition) is 4. The third kappa shape index (κ3) is 2.12. The molecule has 0 aliphatic carbocycles. The van der Waals surface area contributed by atoms with E-state index >= 15 is 0 Å². The lowest BCUT2D eigenvalue weighted by Crippen LogP contribution is -2.12. The molecule has 0 saturated carbocycles. The number of rotatable bonds is 4. The van der Waals surface area contributed by atoms with Gasteiger partial charge >= 0.3 is 5.97 Å². The Bertz CT molecular complexity index is 650. The van der Waals surface area contributed by atoms with Gasteiger partial charge in [-0.15, -0.1) is 0 Å². The van der Waals surface area contributed by atoms with Gasteiger partial charge in [0.25, 0.3) is 0 Å². The summed E-state index contributed by atoms with van der Waals surface area (Å²) in [6.45, 7) is 2.15. The van der Waals surface area contributed by atoms with Gasteiger partial charge in [0.05, 0.1) is 13.7 Å². The lowest BCUT2D eigenvalue weighted by molar-refractivity contribution is -0.144. The second-order valence-electron chi connectivity index (χ2n) is 4.64. The van der Waals surface area contributed by atoms with E-state index in [2.05, 4.69) is 0 Å². The molecule has 2 aromatic rings. The molecule has 2 aromatic carbocycles. The monoisotopic (exact) mass is 272 g/mol. The molecule has 20 heavy (non-hydrogen) atoms. The van der Waals surface area contributed by atoms with E-state index in [4.69, 9.17) is 14.2 Å². The number of hydrogen-bond donors (Lipinski definition) is 0. The maximum absolute atomic E-state index is 11.7. The van der Waals surface area contributed by atoms with E-state index in [0.29, 0.717) is 6.61 Å². The van der Waals surface area contributed by atoms with Crippen LogP contribution in [0.15, 0.2) is 36.4 Å². The van der Waals surface area contributed by atoms with E-state index in [1.165, 1.54) is 0 Å². The summed E-state index contributed by atoms with van der Waals surface area (Å²) in [4.78, 5) is 11.7. The standard InChI is InChI=1S/C16H16O4/c1-3-19-16(17)15-14(20-15)12-9-8-10-6-4-5-7-11(10)13(12)18-2/h4-9,14-15H,3H2,1-2H3. The van der Waals surface area contributed by atoms with Gasteiger partial charge in [0.2, 0.25) is 0 Å². The zero-order valence-corrected chi connectivity index (χ0v) is 11.5. The molecule has 1 aliphatic rings. The summed E-state index contributed by atoms with van der Waals surface area (Å²) in [6, 6.07) is 11.9. The van der Waals surface area contributed by atoms with Crippen molar-refractivity contribution in [3.8, 4) is 5.75 Å². The molecule has 0 radical (unpaired) electrons. The molecule has 0 aromatic heterocycles. The van der Waals surface area contributed by atoms with E-state index in [1.807, 2.05) is 36.4 Å². The van der Waals surface area contributed by atoms with Crippen LogP contribution in [0.2, 0.25) is 0 Å². The van der Waals surface area contributed by atoms with Crippen molar-refractivity contribution in [3.05, 3.63) is 42.0 Å². The Hall–Kier alpha value is -2.07. The highest BCUT2D eigenvalue weighted by atomic mass is 16.6. The van der Waals surface area contributed by atoms with Crippen molar-refractivity contribution in [3.63, 3.8) is 0 Å². The van der Waals surface area contributed by atoms with Crippen molar-refractivity contribution in [1.82, 2.24) is 0 Å². The molecule has 1 saturated heterocycles. The van der Waals surface area contributed by atoms with Crippen LogP contribution in [0.5, 0.6) is 5.75 Å². The topological polar surface area (TPSA) is 48.1 Å². The SMILES string of the molecule is CCOC(=O)C1OC1c1ccc2ccccc2c1OC. The van der Waals surface area contributed by atoms with Gasteiger partial charge in [0.15, 0.2) is 6.10 Å². The Morgan fingerprint density at radius 2 is 2.05 bits per heavy atom. The van der Waals surface area contributed by atoms with Gasteiger partial charge in [-0.05, 0) is 12.3 Å². The molecule has 1 fully saturated rings. The fraction of sp³-hybridized carbons (Fsp3) is 0.312. The minimum atomic E-state index is -0.509. The second kappa shape index (κ2) is 5.13. The van der Waals surface area contributed by atoms with Crippen molar-refractivity contribution in [2.75, 3.05) is 13.7 Å². The Balaban J connectivity index is 1.95. The summed E-state index contributed by atoms with van der Waals surface area (Å²) < 4.78 is 15.9. The maximum Gasteiger partial charge on any atom is 0.338 e. The fourth-order valence-corrected chi connectivity index (χ4v) is 2.46. The highest BCUT2D eigenvalue weighted by Gasteiger charge is 2.48. The Labute approximate surface area is 117 Å². The van der Waals surface area contributed by atoms with Crippen molar-refractivity contribution < 1.29 is 19.0 Å². The average Bonchev–Trinajstić information content (AvgIpc) is 3.26. The second-order valence-corrected chi connectivity index (χ2v) is 4.64. The van der Waals surface area contributed by atoms with Crippen LogP contribution >= 0.6 is 0 Å². The first-order chi connectivity index (χ1) is 9.76. The molecule has 2 unspecified atom stereocenters. The third-order valence-electron chi connectivity index (χ3n) is 3.43. The number of carbonyl (C=O) groups is 1. The normalized spacial score (nSPS) is 20.7. The van der Waals surface area contributed by atoms with Crippen LogP contribution in [-0.4, -0.2) is 25.8 Å².